The Balaban J connectivity index is 1.99. The zero-order chi connectivity index (χ0) is 14.6. The number of rotatable bonds is 4. The van der Waals surface area contributed by atoms with Gasteiger partial charge in [0.2, 0.25) is 5.91 Å². The SMILES string of the molecule is CC1CC(C(=O)NC2(CC(=O)O)CCCCC2)CCN1. The smallest absolute Gasteiger partial charge is 0.305 e. The van der Waals surface area contributed by atoms with Gasteiger partial charge in [-0.1, -0.05) is 19.3 Å². The van der Waals surface area contributed by atoms with Gasteiger partial charge >= 0.3 is 5.97 Å². The highest BCUT2D eigenvalue weighted by atomic mass is 16.4. The van der Waals surface area contributed by atoms with Crippen LogP contribution in [0.15, 0.2) is 0 Å². The molecule has 1 aliphatic heterocycles. The predicted octanol–water partition coefficient (Wildman–Crippen LogP) is 1.67. The lowest BCUT2D eigenvalue weighted by atomic mass is 9.78. The molecule has 2 atom stereocenters. The maximum atomic E-state index is 12.5. The van der Waals surface area contributed by atoms with Crippen LogP contribution < -0.4 is 10.6 Å². The van der Waals surface area contributed by atoms with Gasteiger partial charge in [-0.3, -0.25) is 9.59 Å². The quantitative estimate of drug-likeness (QED) is 0.733. The molecule has 3 N–H and O–H groups in total. The number of carboxylic acids is 1. The van der Waals surface area contributed by atoms with E-state index in [-0.39, 0.29) is 18.2 Å². The van der Waals surface area contributed by atoms with Crippen molar-refractivity contribution in [1.29, 1.82) is 0 Å². The molecule has 5 nitrogen and oxygen atoms in total. The minimum atomic E-state index is -0.814. The lowest BCUT2D eigenvalue weighted by molar-refractivity contribution is -0.140. The summed E-state index contributed by atoms with van der Waals surface area (Å²) in [4.78, 5) is 23.6. The van der Waals surface area contributed by atoms with Crippen molar-refractivity contribution in [2.24, 2.45) is 5.92 Å². The third-order valence-corrected chi connectivity index (χ3v) is 4.68. The molecule has 1 saturated carbocycles. The van der Waals surface area contributed by atoms with Gasteiger partial charge in [-0.25, -0.2) is 0 Å². The highest BCUT2D eigenvalue weighted by Gasteiger charge is 2.37. The molecule has 2 fully saturated rings. The van der Waals surface area contributed by atoms with Gasteiger partial charge in [0.05, 0.1) is 12.0 Å². The van der Waals surface area contributed by atoms with Gasteiger partial charge in [-0.05, 0) is 39.2 Å². The van der Waals surface area contributed by atoms with Crippen molar-refractivity contribution in [3.63, 3.8) is 0 Å². The fraction of sp³-hybridized carbons (Fsp3) is 0.867. The molecule has 0 bridgehead atoms. The Bertz CT molecular complexity index is 364. The van der Waals surface area contributed by atoms with Crippen molar-refractivity contribution in [3.8, 4) is 0 Å². The monoisotopic (exact) mass is 282 g/mol. The molecule has 5 heteroatoms. The summed E-state index contributed by atoms with van der Waals surface area (Å²) in [5.41, 5.74) is -0.505. The van der Waals surface area contributed by atoms with E-state index in [1.807, 2.05) is 0 Å². The first-order valence-electron chi connectivity index (χ1n) is 7.78. The van der Waals surface area contributed by atoms with Crippen LogP contribution in [0.3, 0.4) is 0 Å². The molecule has 0 aromatic rings. The number of amides is 1. The average Bonchev–Trinajstić information content (AvgIpc) is 2.38. The van der Waals surface area contributed by atoms with E-state index in [0.717, 1.165) is 51.5 Å². The van der Waals surface area contributed by atoms with Crippen LogP contribution in [0, 0.1) is 5.92 Å². The van der Waals surface area contributed by atoms with Crippen LogP contribution in [0.5, 0.6) is 0 Å². The molecule has 2 unspecified atom stereocenters. The van der Waals surface area contributed by atoms with E-state index in [9.17, 15) is 9.59 Å². The highest BCUT2D eigenvalue weighted by Crippen LogP contribution is 2.32. The van der Waals surface area contributed by atoms with Gasteiger partial charge < -0.3 is 15.7 Å². The van der Waals surface area contributed by atoms with E-state index in [2.05, 4.69) is 17.6 Å². The van der Waals surface area contributed by atoms with Crippen molar-refractivity contribution in [2.75, 3.05) is 6.54 Å². The van der Waals surface area contributed by atoms with Crippen LogP contribution >= 0.6 is 0 Å². The molecule has 0 aromatic heterocycles. The minimum Gasteiger partial charge on any atom is -0.481 e. The third-order valence-electron chi connectivity index (χ3n) is 4.68. The van der Waals surface area contributed by atoms with Crippen LogP contribution in [0.25, 0.3) is 0 Å². The van der Waals surface area contributed by atoms with Crippen molar-refractivity contribution >= 4 is 11.9 Å². The first-order valence-corrected chi connectivity index (χ1v) is 7.78. The molecule has 0 spiro atoms. The normalized spacial score (nSPS) is 29.6. The zero-order valence-electron chi connectivity index (χ0n) is 12.3. The maximum Gasteiger partial charge on any atom is 0.305 e. The number of carbonyl (C=O) groups excluding carboxylic acids is 1. The summed E-state index contributed by atoms with van der Waals surface area (Å²) >= 11 is 0. The summed E-state index contributed by atoms with van der Waals surface area (Å²) in [6.07, 6.45) is 6.50. The third kappa shape index (κ3) is 3.95. The molecule has 1 saturated heterocycles. The van der Waals surface area contributed by atoms with Gasteiger partial charge in [0.1, 0.15) is 0 Å². The van der Waals surface area contributed by atoms with Crippen LogP contribution in [0.2, 0.25) is 0 Å². The summed E-state index contributed by atoms with van der Waals surface area (Å²) in [6.45, 7) is 2.96. The number of hydrogen-bond acceptors (Lipinski definition) is 3. The fourth-order valence-corrected chi connectivity index (χ4v) is 3.60. The number of carbonyl (C=O) groups is 2. The minimum absolute atomic E-state index is 0.0267. The number of nitrogens with one attached hydrogen (secondary N) is 2. The fourth-order valence-electron chi connectivity index (χ4n) is 3.60. The van der Waals surface area contributed by atoms with Gasteiger partial charge in [0.15, 0.2) is 0 Å². The Morgan fingerprint density at radius 2 is 2.00 bits per heavy atom. The summed E-state index contributed by atoms with van der Waals surface area (Å²) in [6, 6.07) is 0.362. The second kappa shape index (κ2) is 6.57. The molecule has 0 radical (unpaired) electrons. The van der Waals surface area contributed by atoms with Crippen LogP contribution in [-0.2, 0) is 9.59 Å². The van der Waals surface area contributed by atoms with E-state index < -0.39 is 11.5 Å². The second-order valence-corrected chi connectivity index (χ2v) is 6.48. The first-order chi connectivity index (χ1) is 9.51. The number of piperidine rings is 1. The van der Waals surface area contributed by atoms with Crippen LogP contribution in [0.1, 0.15) is 58.3 Å². The second-order valence-electron chi connectivity index (χ2n) is 6.48. The predicted molar refractivity (Wildman–Crippen MR) is 76.4 cm³/mol. The van der Waals surface area contributed by atoms with Gasteiger partial charge in [-0.2, -0.15) is 0 Å². The standard InChI is InChI=1S/C15H26N2O3/c1-11-9-12(5-8-16-11)14(20)17-15(10-13(18)19)6-3-2-4-7-15/h11-12,16H,2-10H2,1H3,(H,17,20)(H,18,19). The summed E-state index contributed by atoms with van der Waals surface area (Å²) < 4.78 is 0. The molecule has 1 aliphatic carbocycles. The van der Waals surface area contributed by atoms with E-state index in [4.69, 9.17) is 5.11 Å². The summed E-state index contributed by atoms with van der Waals surface area (Å²) in [5, 5.41) is 15.6. The summed E-state index contributed by atoms with van der Waals surface area (Å²) in [7, 11) is 0. The molecular weight excluding hydrogens is 256 g/mol. The molecule has 1 amide bonds. The Labute approximate surface area is 120 Å². The highest BCUT2D eigenvalue weighted by molar-refractivity contribution is 5.80. The molecular formula is C15H26N2O3. The average molecular weight is 282 g/mol. The van der Waals surface area contributed by atoms with E-state index in [1.54, 1.807) is 0 Å². The lowest BCUT2D eigenvalue weighted by Crippen LogP contribution is -2.54. The number of hydrogen-bond donors (Lipinski definition) is 3. The zero-order valence-corrected chi connectivity index (χ0v) is 12.3. The Morgan fingerprint density at radius 1 is 1.30 bits per heavy atom. The largest absolute Gasteiger partial charge is 0.481 e. The number of aliphatic carboxylic acids is 1. The van der Waals surface area contributed by atoms with Gasteiger partial charge in [0.25, 0.3) is 0 Å². The summed E-state index contributed by atoms with van der Waals surface area (Å²) in [5.74, 6) is -0.730. The Hall–Kier alpha value is -1.10. The Morgan fingerprint density at radius 3 is 2.60 bits per heavy atom. The topological polar surface area (TPSA) is 78.4 Å². The maximum absolute atomic E-state index is 12.5. The number of carboxylic acid groups (broad SMARTS) is 1. The lowest BCUT2D eigenvalue weighted by Gasteiger charge is -2.39. The first kappa shape index (κ1) is 15.3. The van der Waals surface area contributed by atoms with E-state index >= 15 is 0 Å². The molecule has 1 heterocycles. The van der Waals surface area contributed by atoms with Crippen molar-refractivity contribution in [1.82, 2.24) is 10.6 Å². The molecule has 2 rings (SSSR count). The van der Waals surface area contributed by atoms with Crippen LogP contribution in [0.4, 0.5) is 0 Å². The van der Waals surface area contributed by atoms with Crippen molar-refractivity contribution in [3.05, 3.63) is 0 Å². The molecule has 20 heavy (non-hydrogen) atoms. The molecule has 114 valence electrons. The van der Waals surface area contributed by atoms with E-state index in [1.165, 1.54) is 0 Å². The van der Waals surface area contributed by atoms with Crippen molar-refractivity contribution in [2.45, 2.75) is 69.9 Å². The molecule has 0 aromatic carbocycles. The van der Waals surface area contributed by atoms with Gasteiger partial charge in [0, 0.05) is 12.0 Å². The Kier molecular flexibility index (Phi) is 5.02. The van der Waals surface area contributed by atoms with E-state index in [0.29, 0.717) is 6.04 Å². The molecule has 2 aliphatic rings. The van der Waals surface area contributed by atoms with Gasteiger partial charge in [-0.15, -0.1) is 0 Å². The van der Waals surface area contributed by atoms with Crippen LogP contribution in [-0.4, -0.2) is 35.1 Å². The van der Waals surface area contributed by atoms with Crippen molar-refractivity contribution < 1.29 is 14.7 Å².